The number of rotatable bonds is 3. The van der Waals surface area contributed by atoms with Gasteiger partial charge in [0.2, 0.25) is 0 Å². The molecule has 0 saturated heterocycles. The Labute approximate surface area is 141 Å². The van der Waals surface area contributed by atoms with Gasteiger partial charge in [-0.2, -0.15) is 5.10 Å². The van der Waals surface area contributed by atoms with Crippen LogP contribution in [0.5, 0.6) is 0 Å². The van der Waals surface area contributed by atoms with Gasteiger partial charge in [0.15, 0.2) is 4.38 Å². The van der Waals surface area contributed by atoms with E-state index < -0.39 is 7.27 Å². The number of thioether (sulfide) groups is 1. The predicted molar refractivity (Wildman–Crippen MR) is 105 cm³/mol. The maximum atomic E-state index is 4.79. The zero-order chi connectivity index (χ0) is 15.5. The SMILES string of the molecule is CSC1=NN(c2ccccc2)P(c2ccc(N(C)C)cc2)S1. The van der Waals surface area contributed by atoms with Gasteiger partial charge in [0.1, 0.15) is 7.27 Å². The minimum Gasteiger partial charge on any atom is -0.378 e. The number of hydrogen-bond acceptors (Lipinski definition) is 5. The topological polar surface area (TPSA) is 18.8 Å². The van der Waals surface area contributed by atoms with Gasteiger partial charge in [0.05, 0.1) is 5.69 Å². The molecule has 0 saturated carbocycles. The van der Waals surface area contributed by atoms with Crippen LogP contribution in [0.3, 0.4) is 0 Å². The van der Waals surface area contributed by atoms with Crippen LogP contribution >= 0.6 is 30.4 Å². The normalized spacial score (nSPS) is 17.5. The Kier molecular flexibility index (Phi) is 4.97. The summed E-state index contributed by atoms with van der Waals surface area (Å²) in [6.45, 7) is 0. The molecule has 0 aromatic heterocycles. The molecule has 0 radical (unpaired) electrons. The molecule has 3 rings (SSSR count). The molecular formula is C16H18N3PS2. The van der Waals surface area contributed by atoms with E-state index in [0.29, 0.717) is 0 Å². The molecule has 22 heavy (non-hydrogen) atoms. The van der Waals surface area contributed by atoms with Crippen LogP contribution in [-0.4, -0.2) is 24.7 Å². The highest BCUT2D eigenvalue weighted by Gasteiger charge is 2.30. The lowest BCUT2D eigenvalue weighted by Gasteiger charge is -2.23. The van der Waals surface area contributed by atoms with E-state index >= 15 is 0 Å². The molecule has 6 heteroatoms. The van der Waals surface area contributed by atoms with Crippen LogP contribution in [-0.2, 0) is 0 Å². The van der Waals surface area contributed by atoms with E-state index in [1.54, 1.807) is 11.8 Å². The number of hydrazone groups is 1. The fourth-order valence-electron chi connectivity index (χ4n) is 2.09. The van der Waals surface area contributed by atoms with Gasteiger partial charge in [-0.3, -0.25) is 0 Å². The molecule has 0 bridgehead atoms. The molecule has 2 aromatic carbocycles. The fourth-order valence-corrected chi connectivity index (χ4v) is 7.42. The van der Waals surface area contributed by atoms with Crippen molar-refractivity contribution in [3.05, 3.63) is 54.6 Å². The number of para-hydroxylation sites is 1. The van der Waals surface area contributed by atoms with Crippen molar-refractivity contribution in [1.29, 1.82) is 0 Å². The van der Waals surface area contributed by atoms with Crippen molar-refractivity contribution in [2.24, 2.45) is 5.10 Å². The summed E-state index contributed by atoms with van der Waals surface area (Å²) in [4.78, 5) is 2.12. The second kappa shape index (κ2) is 6.95. The smallest absolute Gasteiger partial charge is 0.156 e. The third kappa shape index (κ3) is 3.27. The molecule has 1 atom stereocenters. The minimum atomic E-state index is -0.550. The average Bonchev–Trinajstić information content (AvgIpc) is 3.00. The average molecular weight is 347 g/mol. The standard InChI is InChI=1S/C16H18N3PS2/c1-18(2)13-9-11-15(12-10-13)20-19(17-16(21-3)22-20)14-7-5-4-6-8-14/h4-12H,1-3H3. The molecule has 0 fully saturated rings. The van der Waals surface area contributed by atoms with Crippen molar-refractivity contribution in [3.63, 3.8) is 0 Å². The lowest BCUT2D eigenvalue weighted by molar-refractivity contribution is 1.13. The fraction of sp³-hybridized carbons (Fsp3) is 0.188. The molecule has 0 spiro atoms. The Morgan fingerprint density at radius 3 is 2.32 bits per heavy atom. The Balaban J connectivity index is 1.91. The Morgan fingerprint density at radius 2 is 1.73 bits per heavy atom. The zero-order valence-corrected chi connectivity index (χ0v) is 15.3. The third-order valence-electron chi connectivity index (χ3n) is 3.26. The molecule has 0 N–H and O–H groups in total. The van der Waals surface area contributed by atoms with E-state index in [-0.39, 0.29) is 0 Å². The molecule has 1 aliphatic rings. The Morgan fingerprint density at radius 1 is 1.05 bits per heavy atom. The lowest BCUT2D eigenvalue weighted by atomic mass is 10.3. The summed E-state index contributed by atoms with van der Waals surface area (Å²) in [6.07, 6.45) is 2.09. The number of benzene rings is 2. The summed E-state index contributed by atoms with van der Waals surface area (Å²) in [5.74, 6) is 0. The van der Waals surface area contributed by atoms with Crippen LogP contribution in [0.4, 0.5) is 11.4 Å². The molecule has 1 heterocycles. The van der Waals surface area contributed by atoms with Gasteiger partial charge in [-0.1, -0.05) is 18.2 Å². The first-order valence-electron chi connectivity index (χ1n) is 6.92. The number of hydrogen-bond donors (Lipinski definition) is 0. The summed E-state index contributed by atoms with van der Waals surface area (Å²) in [7, 11) is 3.58. The van der Waals surface area contributed by atoms with Crippen molar-refractivity contribution < 1.29 is 0 Å². The maximum absolute atomic E-state index is 4.79. The van der Waals surface area contributed by atoms with Crippen LogP contribution in [0.25, 0.3) is 0 Å². The van der Waals surface area contributed by atoms with E-state index in [1.807, 2.05) is 17.4 Å². The zero-order valence-electron chi connectivity index (χ0n) is 12.8. The molecule has 0 amide bonds. The minimum absolute atomic E-state index is 0.550. The second-order valence-electron chi connectivity index (χ2n) is 4.97. The summed E-state index contributed by atoms with van der Waals surface area (Å²) in [5.41, 5.74) is 2.38. The van der Waals surface area contributed by atoms with E-state index in [9.17, 15) is 0 Å². The molecule has 2 aromatic rings. The van der Waals surface area contributed by atoms with E-state index in [4.69, 9.17) is 5.10 Å². The highest BCUT2D eigenvalue weighted by Crippen LogP contribution is 2.60. The van der Waals surface area contributed by atoms with Gasteiger partial charge in [-0.05, 0) is 54.0 Å². The van der Waals surface area contributed by atoms with Gasteiger partial charge in [0, 0.05) is 25.1 Å². The largest absolute Gasteiger partial charge is 0.378 e. The van der Waals surface area contributed by atoms with Gasteiger partial charge in [0.25, 0.3) is 0 Å². The highest BCUT2D eigenvalue weighted by atomic mass is 32.7. The lowest BCUT2D eigenvalue weighted by Crippen LogP contribution is -2.13. The van der Waals surface area contributed by atoms with Gasteiger partial charge < -0.3 is 4.90 Å². The summed E-state index contributed by atoms with van der Waals surface area (Å²) in [6, 6.07) is 19.2. The second-order valence-corrected chi connectivity index (χ2v) is 9.62. The van der Waals surface area contributed by atoms with Crippen LogP contribution < -0.4 is 15.0 Å². The van der Waals surface area contributed by atoms with Crippen molar-refractivity contribution in [3.8, 4) is 0 Å². The van der Waals surface area contributed by atoms with Crippen molar-refractivity contribution in [2.75, 3.05) is 30.0 Å². The summed E-state index contributed by atoms with van der Waals surface area (Å²) in [5, 5.41) is 6.12. The Hall–Kier alpha value is -1.16. The third-order valence-corrected chi connectivity index (χ3v) is 8.76. The molecular weight excluding hydrogens is 329 g/mol. The first kappa shape index (κ1) is 15.7. The van der Waals surface area contributed by atoms with E-state index in [2.05, 4.69) is 78.6 Å². The van der Waals surface area contributed by atoms with Crippen molar-refractivity contribution in [1.82, 2.24) is 0 Å². The van der Waals surface area contributed by atoms with Crippen LogP contribution in [0, 0.1) is 0 Å². The molecule has 1 aliphatic heterocycles. The monoisotopic (exact) mass is 347 g/mol. The van der Waals surface area contributed by atoms with Crippen molar-refractivity contribution >= 4 is 51.5 Å². The summed E-state index contributed by atoms with van der Waals surface area (Å²) < 4.78 is 3.31. The first-order valence-corrected chi connectivity index (χ1v) is 10.9. The highest BCUT2D eigenvalue weighted by molar-refractivity contribution is 8.72. The predicted octanol–water partition coefficient (Wildman–Crippen LogP) is 4.58. The quantitative estimate of drug-likeness (QED) is 0.757. The van der Waals surface area contributed by atoms with Crippen LogP contribution in [0.1, 0.15) is 0 Å². The molecule has 3 nitrogen and oxygen atoms in total. The molecule has 1 unspecified atom stereocenters. The van der Waals surface area contributed by atoms with Crippen LogP contribution in [0.15, 0.2) is 59.7 Å². The summed E-state index contributed by atoms with van der Waals surface area (Å²) >= 11 is 3.59. The molecule has 114 valence electrons. The first-order chi connectivity index (χ1) is 10.7. The van der Waals surface area contributed by atoms with Gasteiger partial charge >= 0.3 is 0 Å². The van der Waals surface area contributed by atoms with Crippen molar-refractivity contribution in [2.45, 2.75) is 0 Å². The van der Waals surface area contributed by atoms with Gasteiger partial charge in [-0.15, -0.1) is 11.8 Å². The van der Waals surface area contributed by atoms with E-state index in [1.165, 1.54) is 11.0 Å². The number of anilines is 2. The molecule has 0 aliphatic carbocycles. The maximum Gasteiger partial charge on any atom is 0.156 e. The van der Waals surface area contributed by atoms with Crippen LogP contribution in [0.2, 0.25) is 0 Å². The van der Waals surface area contributed by atoms with Gasteiger partial charge in [-0.25, -0.2) is 4.78 Å². The Bertz CT molecular complexity index is 659. The van der Waals surface area contributed by atoms with E-state index in [0.717, 1.165) is 10.1 Å². The number of nitrogens with zero attached hydrogens (tertiary/aromatic N) is 3.